The third-order valence-electron chi connectivity index (χ3n) is 2.90. The molecular formula is C13H14BrNO. The van der Waals surface area contributed by atoms with Crippen LogP contribution in [0, 0.1) is 0 Å². The quantitative estimate of drug-likeness (QED) is 0.611. The van der Waals surface area contributed by atoms with Gasteiger partial charge in [-0.2, -0.15) is 0 Å². The Labute approximate surface area is 104 Å². The summed E-state index contributed by atoms with van der Waals surface area (Å²) in [6, 6.07) is 5.77. The maximum atomic E-state index is 11.0. The minimum atomic E-state index is 0.760. The number of carbonyl (C=O) groups is 1. The van der Waals surface area contributed by atoms with Crippen molar-refractivity contribution in [1.82, 2.24) is 0 Å². The first-order chi connectivity index (χ1) is 7.70. The van der Waals surface area contributed by atoms with Crippen LogP contribution >= 0.6 is 15.9 Å². The summed E-state index contributed by atoms with van der Waals surface area (Å²) in [4.78, 5) is 13.2. The number of hydrogen-bond donors (Lipinski definition) is 0. The van der Waals surface area contributed by atoms with Gasteiger partial charge in [0, 0.05) is 28.8 Å². The molecule has 3 heteroatoms. The normalized spacial score (nSPS) is 15.9. The molecule has 0 bridgehead atoms. The fraction of sp³-hybridized carbons (Fsp3) is 0.308. The van der Waals surface area contributed by atoms with Crippen molar-refractivity contribution in [2.75, 3.05) is 18.0 Å². The van der Waals surface area contributed by atoms with Crippen molar-refractivity contribution in [2.45, 2.75) is 13.3 Å². The fourth-order valence-corrected chi connectivity index (χ4v) is 2.23. The van der Waals surface area contributed by atoms with Crippen molar-refractivity contribution < 1.29 is 4.79 Å². The van der Waals surface area contributed by atoms with Crippen LogP contribution in [0.2, 0.25) is 0 Å². The van der Waals surface area contributed by atoms with Crippen LogP contribution in [0.25, 0.3) is 0 Å². The Bertz CT molecular complexity index is 440. The van der Waals surface area contributed by atoms with Gasteiger partial charge in [-0.25, -0.2) is 0 Å². The SMILES string of the molecule is CC1=CCN(c2cc(Br)ccc2C=O)CC1. The number of hydrogen-bond acceptors (Lipinski definition) is 2. The molecule has 0 aliphatic carbocycles. The number of rotatable bonds is 2. The van der Waals surface area contributed by atoms with Gasteiger partial charge in [0.05, 0.1) is 0 Å². The van der Waals surface area contributed by atoms with E-state index in [-0.39, 0.29) is 0 Å². The number of halogens is 1. The predicted octanol–water partition coefficient (Wildman–Crippen LogP) is 3.42. The first kappa shape index (κ1) is 11.4. The van der Waals surface area contributed by atoms with E-state index in [0.29, 0.717) is 0 Å². The Morgan fingerprint density at radius 3 is 2.88 bits per heavy atom. The van der Waals surface area contributed by atoms with Gasteiger partial charge < -0.3 is 4.90 Å². The molecule has 84 valence electrons. The van der Waals surface area contributed by atoms with Crippen molar-refractivity contribution >= 4 is 27.9 Å². The number of nitrogens with zero attached hydrogens (tertiary/aromatic N) is 1. The van der Waals surface area contributed by atoms with Crippen LogP contribution in [0.5, 0.6) is 0 Å². The van der Waals surface area contributed by atoms with Crippen LogP contribution in [0.3, 0.4) is 0 Å². The van der Waals surface area contributed by atoms with Crippen molar-refractivity contribution in [3.05, 3.63) is 39.9 Å². The average molecular weight is 280 g/mol. The van der Waals surface area contributed by atoms with Gasteiger partial charge in [0.1, 0.15) is 0 Å². The zero-order chi connectivity index (χ0) is 11.5. The third-order valence-corrected chi connectivity index (χ3v) is 3.39. The largest absolute Gasteiger partial charge is 0.367 e. The van der Waals surface area contributed by atoms with Crippen LogP contribution in [-0.4, -0.2) is 19.4 Å². The molecule has 2 nitrogen and oxygen atoms in total. The molecule has 0 aromatic heterocycles. The number of aldehydes is 1. The highest BCUT2D eigenvalue weighted by Gasteiger charge is 2.13. The number of anilines is 1. The van der Waals surface area contributed by atoms with Crippen molar-refractivity contribution in [3.63, 3.8) is 0 Å². The van der Waals surface area contributed by atoms with Crippen LogP contribution in [0.4, 0.5) is 5.69 Å². The smallest absolute Gasteiger partial charge is 0.152 e. The standard InChI is InChI=1S/C13H14BrNO/c1-10-4-6-15(7-5-10)13-8-12(14)3-2-11(13)9-16/h2-4,8-9H,5-7H2,1H3. The van der Waals surface area contributed by atoms with Gasteiger partial charge in [-0.15, -0.1) is 0 Å². The highest BCUT2D eigenvalue weighted by Crippen LogP contribution is 2.26. The summed E-state index contributed by atoms with van der Waals surface area (Å²) in [5, 5.41) is 0. The number of benzene rings is 1. The monoisotopic (exact) mass is 279 g/mol. The molecule has 2 rings (SSSR count). The van der Waals surface area contributed by atoms with Gasteiger partial charge in [-0.1, -0.05) is 27.6 Å². The topological polar surface area (TPSA) is 20.3 Å². The molecular weight excluding hydrogens is 266 g/mol. The first-order valence-corrected chi connectivity index (χ1v) is 6.15. The van der Waals surface area contributed by atoms with E-state index in [1.165, 1.54) is 5.57 Å². The minimum Gasteiger partial charge on any atom is -0.367 e. The van der Waals surface area contributed by atoms with Gasteiger partial charge >= 0.3 is 0 Å². The Morgan fingerprint density at radius 2 is 2.25 bits per heavy atom. The molecule has 16 heavy (non-hydrogen) atoms. The maximum Gasteiger partial charge on any atom is 0.152 e. The summed E-state index contributed by atoms with van der Waals surface area (Å²) in [6.07, 6.45) is 4.22. The minimum absolute atomic E-state index is 0.760. The van der Waals surface area contributed by atoms with E-state index in [9.17, 15) is 4.79 Å². The van der Waals surface area contributed by atoms with Gasteiger partial charge in [0.2, 0.25) is 0 Å². The lowest BCUT2D eigenvalue weighted by atomic mass is 10.1. The summed E-state index contributed by atoms with van der Waals surface area (Å²) < 4.78 is 1.01. The lowest BCUT2D eigenvalue weighted by Gasteiger charge is -2.28. The van der Waals surface area contributed by atoms with E-state index in [1.54, 1.807) is 0 Å². The molecule has 1 aliphatic heterocycles. The van der Waals surface area contributed by atoms with E-state index >= 15 is 0 Å². The molecule has 0 N–H and O–H groups in total. The second-order valence-electron chi connectivity index (χ2n) is 4.07. The molecule has 0 amide bonds. The van der Waals surface area contributed by atoms with Gasteiger partial charge in [-0.05, 0) is 31.5 Å². The van der Waals surface area contributed by atoms with Crippen molar-refractivity contribution in [1.29, 1.82) is 0 Å². The Morgan fingerprint density at radius 1 is 1.44 bits per heavy atom. The summed E-state index contributed by atoms with van der Waals surface area (Å²) >= 11 is 3.45. The highest BCUT2D eigenvalue weighted by molar-refractivity contribution is 9.10. The lowest BCUT2D eigenvalue weighted by molar-refractivity contribution is 0.112. The van der Waals surface area contributed by atoms with E-state index in [4.69, 9.17) is 0 Å². The van der Waals surface area contributed by atoms with E-state index in [1.807, 2.05) is 18.2 Å². The van der Waals surface area contributed by atoms with Gasteiger partial charge in [0.15, 0.2) is 6.29 Å². The maximum absolute atomic E-state index is 11.0. The molecule has 1 aliphatic rings. The Kier molecular flexibility index (Phi) is 3.44. The zero-order valence-electron chi connectivity index (χ0n) is 9.24. The highest BCUT2D eigenvalue weighted by atomic mass is 79.9. The van der Waals surface area contributed by atoms with Crippen LogP contribution in [-0.2, 0) is 0 Å². The van der Waals surface area contributed by atoms with Crippen LogP contribution < -0.4 is 4.90 Å². The van der Waals surface area contributed by atoms with E-state index in [0.717, 1.165) is 41.5 Å². The molecule has 1 aromatic carbocycles. The third kappa shape index (κ3) is 2.35. The molecule has 1 aromatic rings. The van der Waals surface area contributed by atoms with Crippen LogP contribution in [0.1, 0.15) is 23.7 Å². The average Bonchev–Trinajstić information content (AvgIpc) is 2.30. The molecule has 0 spiro atoms. The molecule has 1 heterocycles. The second-order valence-corrected chi connectivity index (χ2v) is 4.98. The van der Waals surface area contributed by atoms with E-state index < -0.39 is 0 Å². The lowest BCUT2D eigenvalue weighted by Crippen LogP contribution is -2.28. The van der Waals surface area contributed by atoms with Crippen molar-refractivity contribution in [2.24, 2.45) is 0 Å². The summed E-state index contributed by atoms with van der Waals surface area (Å²) in [5.41, 5.74) is 3.21. The van der Waals surface area contributed by atoms with Gasteiger partial charge in [-0.3, -0.25) is 4.79 Å². The summed E-state index contributed by atoms with van der Waals surface area (Å²) in [7, 11) is 0. The molecule has 0 radical (unpaired) electrons. The fourth-order valence-electron chi connectivity index (χ4n) is 1.88. The Hall–Kier alpha value is -1.09. The predicted molar refractivity (Wildman–Crippen MR) is 70.1 cm³/mol. The molecule has 0 fully saturated rings. The van der Waals surface area contributed by atoms with E-state index in [2.05, 4.69) is 33.8 Å². The molecule has 0 atom stereocenters. The molecule has 0 unspecified atom stereocenters. The summed E-state index contributed by atoms with van der Waals surface area (Å²) in [5.74, 6) is 0. The molecule has 0 saturated carbocycles. The Balaban J connectivity index is 2.32. The van der Waals surface area contributed by atoms with Gasteiger partial charge in [0.25, 0.3) is 0 Å². The summed E-state index contributed by atoms with van der Waals surface area (Å²) in [6.45, 7) is 4.03. The van der Waals surface area contributed by atoms with Crippen LogP contribution in [0.15, 0.2) is 34.3 Å². The number of carbonyl (C=O) groups excluding carboxylic acids is 1. The second kappa shape index (κ2) is 4.83. The molecule has 0 saturated heterocycles. The first-order valence-electron chi connectivity index (χ1n) is 5.36. The van der Waals surface area contributed by atoms with Crippen molar-refractivity contribution in [3.8, 4) is 0 Å². The zero-order valence-corrected chi connectivity index (χ0v) is 10.8.